The minimum absolute atomic E-state index is 0.171. The average Bonchev–Trinajstić information content (AvgIpc) is 3.18. The molecule has 1 aliphatic heterocycles. The molecular weight excluding hydrogens is 374 g/mol. The van der Waals surface area contributed by atoms with Gasteiger partial charge in [0.15, 0.2) is 12.4 Å². The molecule has 2 heterocycles. The van der Waals surface area contributed by atoms with Crippen molar-refractivity contribution in [1.82, 2.24) is 10.2 Å². The van der Waals surface area contributed by atoms with Crippen molar-refractivity contribution < 1.29 is 19.4 Å². The molecule has 26 heavy (non-hydrogen) atoms. The van der Waals surface area contributed by atoms with Crippen molar-refractivity contribution in [2.75, 3.05) is 6.61 Å². The Balaban J connectivity index is 1.81. The largest absolute Gasteiger partial charge is 0.482 e. The third-order valence-electron chi connectivity index (χ3n) is 3.54. The number of thioether (sulfide) groups is 1. The summed E-state index contributed by atoms with van der Waals surface area (Å²) >= 11 is 2.47. The van der Waals surface area contributed by atoms with Crippen molar-refractivity contribution in [1.29, 1.82) is 5.41 Å². The van der Waals surface area contributed by atoms with Gasteiger partial charge in [-0.25, -0.2) is 4.79 Å². The maximum absolute atomic E-state index is 12.7. The van der Waals surface area contributed by atoms with Crippen molar-refractivity contribution in [2.24, 2.45) is 0 Å². The van der Waals surface area contributed by atoms with E-state index in [9.17, 15) is 9.59 Å². The van der Waals surface area contributed by atoms with Crippen LogP contribution in [0.3, 0.4) is 0 Å². The van der Waals surface area contributed by atoms with Gasteiger partial charge >= 0.3 is 5.97 Å². The Bertz CT molecular complexity index is 907. The molecule has 2 aromatic rings. The van der Waals surface area contributed by atoms with Crippen LogP contribution < -0.4 is 4.74 Å². The number of nitrogens with one attached hydrogen (secondary N) is 1. The summed E-state index contributed by atoms with van der Waals surface area (Å²) in [6, 6.07) is 6.80. The minimum atomic E-state index is -1.06. The number of nitrogens with zero attached hydrogens (tertiary/aromatic N) is 2. The molecule has 1 aromatic carbocycles. The van der Waals surface area contributed by atoms with Gasteiger partial charge in [0.05, 0.1) is 9.95 Å². The van der Waals surface area contributed by atoms with E-state index in [-0.39, 0.29) is 10.8 Å². The summed E-state index contributed by atoms with van der Waals surface area (Å²) in [7, 11) is 0. The fraction of sp³-hybridized carbons (Fsp3) is 0.235. The maximum Gasteiger partial charge on any atom is 0.341 e. The van der Waals surface area contributed by atoms with Crippen LogP contribution in [0.4, 0.5) is 0 Å². The molecule has 0 aliphatic carbocycles. The van der Waals surface area contributed by atoms with E-state index in [0.717, 1.165) is 23.2 Å². The van der Waals surface area contributed by atoms with Gasteiger partial charge in [-0.2, -0.15) is 0 Å². The van der Waals surface area contributed by atoms with Gasteiger partial charge in [0, 0.05) is 0 Å². The third kappa shape index (κ3) is 4.00. The lowest BCUT2D eigenvalue weighted by molar-refractivity contribution is -0.139. The van der Waals surface area contributed by atoms with Gasteiger partial charge < -0.3 is 9.84 Å². The van der Waals surface area contributed by atoms with Crippen LogP contribution in [0.5, 0.6) is 5.75 Å². The lowest BCUT2D eigenvalue weighted by Crippen LogP contribution is -2.11. The monoisotopic (exact) mass is 389 g/mol. The van der Waals surface area contributed by atoms with Crippen molar-refractivity contribution in [3.8, 4) is 5.75 Å². The number of carbonyl (C=O) groups excluding carboxylic acids is 1. The lowest BCUT2D eigenvalue weighted by Gasteiger charge is -2.04. The zero-order chi connectivity index (χ0) is 18.7. The Kier molecular flexibility index (Phi) is 5.48. The standard InChI is InChI=1S/C17H15N3O4S2/c1-2-12-19-20-17(26-12)14-15(23)11(25-16(14)18)7-9-4-3-5-10(6-9)24-8-13(21)22/h3-7,14,18H,2,8H2,1H3,(H,21,22)/b11-7-,18-16?/t14-/m0/s1. The number of ketones is 1. The number of carboxylic acid groups (broad SMARTS) is 1. The summed E-state index contributed by atoms with van der Waals surface area (Å²) in [4.78, 5) is 23.8. The van der Waals surface area contributed by atoms with Crippen LogP contribution in [0.15, 0.2) is 29.2 Å². The number of hydrogen-bond acceptors (Lipinski definition) is 8. The molecule has 9 heteroatoms. The minimum Gasteiger partial charge on any atom is -0.482 e. The van der Waals surface area contributed by atoms with E-state index >= 15 is 0 Å². The normalized spacial score (nSPS) is 18.5. The summed E-state index contributed by atoms with van der Waals surface area (Å²) < 4.78 is 5.15. The topological polar surface area (TPSA) is 113 Å². The highest BCUT2D eigenvalue weighted by Gasteiger charge is 2.39. The number of allylic oxidation sites excluding steroid dienone is 1. The number of carbonyl (C=O) groups is 2. The number of benzene rings is 1. The third-order valence-corrected chi connectivity index (χ3v) is 5.66. The lowest BCUT2D eigenvalue weighted by atomic mass is 10.1. The van der Waals surface area contributed by atoms with E-state index in [4.69, 9.17) is 15.3 Å². The second-order valence-corrected chi connectivity index (χ2v) is 7.59. The number of hydrogen-bond donors (Lipinski definition) is 2. The molecule has 134 valence electrons. The number of ether oxygens (including phenoxy) is 1. The molecule has 1 aliphatic rings. The maximum atomic E-state index is 12.7. The summed E-state index contributed by atoms with van der Waals surface area (Å²) in [6.45, 7) is 1.53. The SMILES string of the molecule is CCc1nnc([C@@H]2C(=N)S/C(=C\c3cccc(OCC(=O)O)c3)C2=O)s1. The zero-order valence-corrected chi connectivity index (χ0v) is 15.4. The average molecular weight is 389 g/mol. The van der Waals surface area contributed by atoms with Crippen LogP contribution in [0.25, 0.3) is 6.08 Å². The molecule has 1 aromatic heterocycles. The van der Waals surface area contributed by atoms with Crippen molar-refractivity contribution in [2.45, 2.75) is 19.3 Å². The number of Topliss-reactive ketones (excluding diaryl/α,β-unsaturated/α-hetero) is 1. The van der Waals surface area contributed by atoms with Gasteiger partial charge in [-0.1, -0.05) is 30.8 Å². The molecular formula is C17H15N3O4S2. The number of aliphatic carboxylic acids is 1. The molecule has 1 atom stereocenters. The van der Waals surface area contributed by atoms with Crippen LogP contribution in [-0.4, -0.2) is 38.7 Å². The molecule has 1 fully saturated rings. The molecule has 0 saturated carbocycles. The van der Waals surface area contributed by atoms with Crippen LogP contribution in [0, 0.1) is 5.41 Å². The zero-order valence-electron chi connectivity index (χ0n) is 13.8. The van der Waals surface area contributed by atoms with Crippen molar-refractivity contribution in [3.63, 3.8) is 0 Å². The predicted molar refractivity (Wildman–Crippen MR) is 99.9 cm³/mol. The Morgan fingerprint density at radius 2 is 2.23 bits per heavy atom. The van der Waals surface area contributed by atoms with E-state index in [1.165, 1.54) is 11.3 Å². The molecule has 7 nitrogen and oxygen atoms in total. The number of rotatable bonds is 6. The first kappa shape index (κ1) is 18.3. The number of aromatic nitrogens is 2. The van der Waals surface area contributed by atoms with E-state index in [1.807, 2.05) is 6.92 Å². The quantitative estimate of drug-likeness (QED) is 0.730. The van der Waals surface area contributed by atoms with Gasteiger partial charge in [-0.15, -0.1) is 21.5 Å². The van der Waals surface area contributed by atoms with Gasteiger partial charge in [0.25, 0.3) is 0 Å². The van der Waals surface area contributed by atoms with Crippen LogP contribution >= 0.6 is 23.1 Å². The van der Waals surface area contributed by atoms with E-state index in [1.54, 1.807) is 30.3 Å². The van der Waals surface area contributed by atoms with Gasteiger partial charge in [-0.3, -0.25) is 10.2 Å². The number of aryl methyl sites for hydroxylation is 1. The fourth-order valence-corrected chi connectivity index (χ4v) is 4.28. The number of carboxylic acids is 1. The second kappa shape index (κ2) is 7.79. The second-order valence-electron chi connectivity index (χ2n) is 5.41. The molecule has 1 saturated heterocycles. The first-order chi connectivity index (χ1) is 12.5. The smallest absolute Gasteiger partial charge is 0.341 e. The van der Waals surface area contributed by atoms with Crippen molar-refractivity contribution >= 4 is 46.0 Å². The fourth-order valence-electron chi connectivity index (χ4n) is 2.33. The molecule has 0 amide bonds. The Morgan fingerprint density at radius 1 is 1.42 bits per heavy atom. The highest BCUT2D eigenvalue weighted by atomic mass is 32.2. The summed E-state index contributed by atoms with van der Waals surface area (Å²) in [6.07, 6.45) is 2.42. The Morgan fingerprint density at radius 3 is 2.92 bits per heavy atom. The molecule has 0 bridgehead atoms. The molecule has 0 radical (unpaired) electrons. The highest BCUT2D eigenvalue weighted by molar-refractivity contribution is 8.19. The predicted octanol–water partition coefficient (Wildman–Crippen LogP) is 2.98. The highest BCUT2D eigenvalue weighted by Crippen LogP contribution is 2.41. The first-order valence-electron chi connectivity index (χ1n) is 7.77. The van der Waals surface area contributed by atoms with Crippen molar-refractivity contribution in [3.05, 3.63) is 44.7 Å². The Labute approximate surface area is 157 Å². The van der Waals surface area contributed by atoms with Crippen LogP contribution in [0.1, 0.15) is 28.4 Å². The molecule has 0 spiro atoms. The van der Waals surface area contributed by atoms with Crippen LogP contribution in [0.2, 0.25) is 0 Å². The molecule has 2 N–H and O–H groups in total. The summed E-state index contributed by atoms with van der Waals surface area (Å²) in [5.41, 5.74) is 0.698. The Hall–Kier alpha value is -2.52. The van der Waals surface area contributed by atoms with Gasteiger partial charge in [0.1, 0.15) is 21.7 Å². The van der Waals surface area contributed by atoms with Gasteiger partial charge in [0.2, 0.25) is 0 Å². The van der Waals surface area contributed by atoms with Gasteiger partial charge in [-0.05, 0) is 30.2 Å². The first-order valence-corrected chi connectivity index (χ1v) is 9.40. The summed E-state index contributed by atoms with van der Waals surface area (Å²) in [5.74, 6) is -1.51. The van der Waals surface area contributed by atoms with E-state index in [0.29, 0.717) is 21.2 Å². The van der Waals surface area contributed by atoms with E-state index in [2.05, 4.69) is 10.2 Å². The molecule has 0 unspecified atom stereocenters. The van der Waals surface area contributed by atoms with E-state index < -0.39 is 18.5 Å². The van der Waals surface area contributed by atoms with Crippen LogP contribution in [-0.2, 0) is 16.0 Å². The molecule has 3 rings (SSSR count). The summed E-state index contributed by atoms with van der Waals surface area (Å²) in [5, 5.41) is 26.5.